The number of amides is 1. The maximum absolute atomic E-state index is 13.0. The number of H-pyrrole nitrogens is 1. The monoisotopic (exact) mass is 354 g/mol. The molecule has 0 bridgehead atoms. The van der Waals surface area contributed by atoms with Crippen LogP contribution >= 0.6 is 0 Å². The Morgan fingerprint density at radius 1 is 1.20 bits per heavy atom. The molecule has 25 heavy (non-hydrogen) atoms. The van der Waals surface area contributed by atoms with Gasteiger partial charge in [0.05, 0.1) is 0 Å². The number of likely N-dealkylation sites (tertiary alicyclic amines) is 1. The average Bonchev–Trinajstić information content (AvgIpc) is 2.79. The predicted octanol–water partition coefficient (Wildman–Crippen LogP) is 3.43. The van der Waals surface area contributed by atoms with Gasteiger partial charge < -0.3 is 9.64 Å². The first kappa shape index (κ1) is 16.7. The molecule has 8 heteroatoms. The van der Waals surface area contributed by atoms with Crippen molar-refractivity contribution in [1.29, 1.82) is 0 Å². The number of nitrogens with one attached hydrogen (secondary N) is 1. The van der Waals surface area contributed by atoms with Crippen molar-refractivity contribution in [2.45, 2.75) is 69.8 Å². The van der Waals surface area contributed by atoms with Crippen LogP contribution in [0.25, 0.3) is 0 Å². The lowest BCUT2D eigenvalue weighted by atomic mass is 9.57. The quantitative estimate of drug-likeness (QED) is 0.883. The van der Waals surface area contributed by atoms with Gasteiger partial charge in [0.15, 0.2) is 5.82 Å². The fraction of sp³-hybridized carbons (Fsp3) is 0.824. The molecule has 3 aliphatic rings. The first-order valence-corrected chi connectivity index (χ1v) is 8.82. The molecule has 1 saturated heterocycles. The first-order chi connectivity index (χ1) is 11.5. The lowest BCUT2D eigenvalue weighted by Gasteiger charge is -2.58. The van der Waals surface area contributed by atoms with Crippen molar-refractivity contribution in [1.82, 2.24) is 20.1 Å². The Bertz CT molecular complexity index is 675. The SMILES string of the molecule is CC(C)(C)OC(=O)N1CC2(CC(c3n[nH]c(C4CC(F)(F)C4)n3)C2)C1. The minimum absolute atomic E-state index is 0.138. The number of hydrogen-bond acceptors (Lipinski definition) is 4. The molecule has 1 aromatic rings. The minimum atomic E-state index is -2.55. The van der Waals surface area contributed by atoms with E-state index in [1.165, 1.54) is 0 Å². The van der Waals surface area contributed by atoms with E-state index < -0.39 is 11.5 Å². The van der Waals surface area contributed by atoms with Gasteiger partial charge in [0.2, 0.25) is 5.92 Å². The van der Waals surface area contributed by atoms with E-state index in [0.29, 0.717) is 18.9 Å². The number of hydrogen-bond donors (Lipinski definition) is 1. The smallest absolute Gasteiger partial charge is 0.410 e. The lowest BCUT2D eigenvalue weighted by Crippen LogP contribution is -2.63. The molecule has 0 atom stereocenters. The van der Waals surface area contributed by atoms with Crippen molar-refractivity contribution in [3.8, 4) is 0 Å². The van der Waals surface area contributed by atoms with E-state index in [1.54, 1.807) is 4.90 Å². The number of halogens is 2. The summed E-state index contributed by atoms with van der Waals surface area (Å²) in [7, 11) is 0. The van der Waals surface area contributed by atoms with Crippen LogP contribution in [-0.4, -0.2) is 50.8 Å². The topological polar surface area (TPSA) is 71.1 Å². The van der Waals surface area contributed by atoms with Gasteiger partial charge in [-0.1, -0.05) is 0 Å². The Labute approximate surface area is 145 Å². The second-order valence-corrected chi connectivity index (χ2v) is 8.98. The van der Waals surface area contributed by atoms with Crippen LogP contribution < -0.4 is 0 Å². The number of nitrogens with zero attached hydrogens (tertiary/aromatic N) is 3. The standard InChI is InChI=1S/C17H24F2N4O2/c1-15(2,3)25-14(24)23-8-16(9-23)4-10(5-16)12-20-13(22-21-12)11-6-17(18,19)7-11/h10-11H,4-9H2,1-3H3,(H,20,21,22). The van der Waals surface area contributed by atoms with Gasteiger partial charge in [0.25, 0.3) is 0 Å². The third-order valence-electron chi connectivity index (χ3n) is 5.42. The van der Waals surface area contributed by atoms with Crippen LogP contribution in [0.4, 0.5) is 13.6 Å². The van der Waals surface area contributed by atoms with E-state index in [2.05, 4.69) is 15.2 Å². The van der Waals surface area contributed by atoms with Gasteiger partial charge in [0.1, 0.15) is 11.4 Å². The zero-order valence-electron chi connectivity index (χ0n) is 14.8. The van der Waals surface area contributed by atoms with Gasteiger partial charge in [-0.05, 0) is 33.6 Å². The summed E-state index contributed by atoms with van der Waals surface area (Å²) in [5, 5.41) is 7.06. The number of carbonyl (C=O) groups is 1. The summed E-state index contributed by atoms with van der Waals surface area (Å²) in [6.45, 7) is 7.00. The van der Waals surface area contributed by atoms with Crippen molar-refractivity contribution in [2.75, 3.05) is 13.1 Å². The van der Waals surface area contributed by atoms with Crippen molar-refractivity contribution in [2.24, 2.45) is 5.41 Å². The number of carbonyl (C=O) groups excluding carboxylic acids is 1. The second-order valence-electron chi connectivity index (χ2n) is 8.98. The van der Waals surface area contributed by atoms with Gasteiger partial charge in [-0.2, -0.15) is 5.10 Å². The van der Waals surface area contributed by atoms with E-state index in [0.717, 1.165) is 18.7 Å². The van der Waals surface area contributed by atoms with E-state index in [9.17, 15) is 13.6 Å². The summed E-state index contributed by atoms with van der Waals surface area (Å²) < 4.78 is 31.3. The summed E-state index contributed by atoms with van der Waals surface area (Å²) in [5.74, 6) is -1.17. The van der Waals surface area contributed by atoms with Crippen molar-refractivity contribution in [3.05, 3.63) is 11.6 Å². The van der Waals surface area contributed by atoms with Crippen LogP contribution in [0.5, 0.6) is 0 Å². The minimum Gasteiger partial charge on any atom is -0.444 e. The van der Waals surface area contributed by atoms with Crippen LogP contribution in [0.1, 0.15) is 69.9 Å². The van der Waals surface area contributed by atoms with Gasteiger partial charge in [0, 0.05) is 43.2 Å². The first-order valence-electron chi connectivity index (χ1n) is 8.82. The van der Waals surface area contributed by atoms with E-state index in [1.807, 2.05) is 20.8 Å². The second kappa shape index (κ2) is 5.14. The Morgan fingerprint density at radius 2 is 1.84 bits per heavy atom. The Balaban J connectivity index is 1.26. The van der Waals surface area contributed by atoms with Crippen molar-refractivity contribution in [3.63, 3.8) is 0 Å². The third-order valence-corrected chi connectivity index (χ3v) is 5.42. The fourth-order valence-corrected chi connectivity index (χ4v) is 4.15. The normalized spacial score (nSPS) is 25.2. The van der Waals surface area contributed by atoms with E-state index in [4.69, 9.17) is 4.74 Å². The summed E-state index contributed by atoms with van der Waals surface area (Å²) in [6.07, 6.45) is 1.34. The number of aromatic nitrogens is 3. The van der Waals surface area contributed by atoms with Crippen LogP contribution in [0.2, 0.25) is 0 Å². The molecule has 1 spiro atoms. The highest BCUT2D eigenvalue weighted by molar-refractivity contribution is 5.69. The fourth-order valence-electron chi connectivity index (χ4n) is 4.15. The van der Waals surface area contributed by atoms with Crippen LogP contribution in [-0.2, 0) is 4.74 Å². The summed E-state index contributed by atoms with van der Waals surface area (Å²) in [4.78, 5) is 18.2. The molecule has 4 rings (SSSR count). The maximum atomic E-state index is 13.0. The third kappa shape index (κ3) is 3.11. The molecule has 138 valence electrons. The zero-order chi connectivity index (χ0) is 18.0. The molecule has 6 nitrogen and oxygen atoms in total. The summed E-state index contributed by atoms with van der Waals surface area (Å²) in [5.41, 5.74) is -0.318. The Kier molecular flexibility index (Phi) is 3.44. The highest BCUT2D eigenvalue weighted by Crippen LogP contribution is 2.56. The molecular weight excluding hydrogens is 330 g/mol. The molecule has 1 amide bonds. The number of ether oxygens (including phenoxy) is 1. The Morgan fingerprint density at radius 3 is 2.40 bits per heavy atom. The summed E-state index contributed by atoms with van der Waals surface area (Å²) >= 11 is 0. The van der Waals surface area contributed by atoms with E-state index in [-0.39, 0.29) is 36.2 Å². The highest BCUT2D eigenvalue weighted by Gasteiger charge is 2.56. The van der Waals surface area contributed by atoms with Crippen LogP contribution in [0, 0.1) is 5.41 Å². The number of aromatic amines is 1. The zero-order valence-corrected chi connectivity index (χ0v) is 14.8. The molecule has 1 aromatic heterocycles. The van der Waals surface area contributed by atoms with Crippen molar-refractivity contribution < 1.29 is 18.3 Å². The average molecular weight is 354 g/mol. The van der Waals surface area contributed by atoms with Crippen LogP contribution in [0.3, 0.4) is 0 Å². The maximum Gasteiger partial charge on any atom is 0.410 e. The molecular formula is C17H24F2N4O2. The summed E-state index contributed by atoms with van der Waals surface area (Å²) in [6, 6.07) is 0. The highest BCUT2D eigenvalue weighted by atomic mass is 19.3. The molecule has 0 unspecified atom stereocenters. The van der Waals surface area contributed by atoms with Gasteiger partial charge in [-0.25, -0.2) is 18.6 Å². The molecule has 2 saturated carbocycles. The molecule has 2 aliphatic carbocycles. The number of alkyl halides is 2. The molecule has 3 fully saturated rings. The number of rotatable bonds is 2. The van der Waals surface area contributed by atoms with Gasteiger partial charge in [-0.3, -0.25) is 5.10 Å². The molecule has 1 aliphatic heterocycles. The van der Waals surface area contributed by atoms with Crippen molar-refractivity contribution >= 4 is 6.09 Å². The molecule has 0 radical (unpaired) electrons. The molecule has 0 aromatic carbocycles. The predicted molar refractivity (Wildman–Crippen MR) is 85.5 cm³/mol. The van der Waals surface area contributed by atoms with Crippen LogP contribution in [0.15, 0.2) is 0 Å². The largest absolute Gasteiger partial charge is 0.444 e. The molecule has 2 heterocycles. The Hall–Kier alpha value is -1.73. The van der Waals surface area contributed by atoms with E-state index >= 15 is 0 Å². The lowest BCUT2D eigenvalue weighted by molar-refractivity contribution is -0.0887. The molecule has 1 N–H and O–H groups in total. The van der Waals surface area contributed by atoms with Gasteiger partial charge in [-0.15, -0.1) is 0 Å². The van der Waals surface area contributed by atoms with Gasteiger partial charge >= 0.3 is 6.09 Å².